The summed E-state index contributed by atoms with van der Waals surface area (Å²) in [5.74, 6) is 1.15. The Morgan fingerprint density at radius 2 is 2.20 bits per heavy atom. The van der Waals surface area contributed by atoms with E-state index >= 15 is 0 Å². The van der Waals surface area contributed by atoms with Gasteiger partial charge in [-0.1, -0.05) is 11.8 Å². The number of hydrogen-bond donors (Lipinski definition) is 2. The van der Waals surface area contributed by atoms with Crippen LogP contribution in [-0.4, -0.2) is 47.9 Å². The molecule has 0 aliphatic carbocycles. The lowest BCUT2D eigenvalue weighted by Gasteiger charge is -2.03. The smallest absolute Gasteiger partial charge is 0.228 e. The van der Waals surface area contributed by atoms with Crippen LogP contribution in [-0.2, 0) is 18.3 Å². The highest BCUT2D eigenvalue weighted by Gasteiger charge is 2.09. The third-order valence-corrected chi connectivity index (χ3v) is 4.85. The second-order valence-electron chi connectivity index (χ2n) is 4.94. The van der Waals surface area contributed by atoms with Gasteiger partial charge in [-0.2, -0.15) is 0 Å². The Kier molecular flexibility index (Phi) is 5.90. The normalized spacial score (nSPS) is 10.6. The zero-order valence-electron chi connectivity index (χ0n) is 13.4. The van der Waals surface area contributed by atoms with Gasteiger partial charge in [0.05, 0.1) is 12.1 Å². The van der Waals surface area contributed by atoms with Crippen LogP contribution >= 0.6 is 23.1 Å². The molecule has 1 amide bonds. The Hall–Kier alpha value is -2.53. The molecule has 3 aromatic heterocycles. The molecule has 0 aliphatic heterocycles. The molecule has 0 aliphatic rings. The Morgan fingerprint density at radius 3 is 2.96 bits per heavy atom. The van der Waals surface area contributed by atoms with Crippen molar-refractivity contribution < 1.29 is 4.79 Å². The summed E-state index contributed by atoms with van der Waals surface area (Å²) in [6, 6.07) is 1.74. The number of rotatable bonds is 8. The van der Waals surface area contributed by atoms with Gasteiger partial charge >= 0.3 is 0 Å². The maximum absolute atomic E-state index is 12.0. The number of amides is 1. The number of thiazole rings is 1. The Bertz CT molecular complexity index is 819. The van der Waals surface area contributed by atoms with Crippen molar-refractivity contribution in [2.24, 2.45) is 7.05 Å². The molecule has 0 unspecified atom stereocenters. The molecule has 0 saturated carbocycles. The van der Waals surface area contributed by atoms with Crippen molar-refractivity contribution >= 4 is 40.1 Å². The fraction of sp³-hybridized carbons (Fsp3) is 0.286. The zero-order chi connectivity index (χ0) is 17.5. The van der Waals surface area contributed by atoms with Gasteiger partial charge in [0.2, 0.25) is 11.9 Å². The van der Waals surface area contributed by atoms with Crippen molar-refractivity contribution in [3.05, 3.63) is 35.9 Å². The van der Waals surface area contributed by atoms with E-state index in [0.29, 0.717) is 23.3 Å². The minimum atomic E-state index is -0.0635. The van der Waals surface area contributed by atoms with Crippen molar-refractivity contribution in [3.63, 3.8) is 0 Å². The summed E-state index contributed by atoms with van der Waals surface area (Å²) in [6.07, 6.45) is 5.18. The average molecular weight is 376 g/mol. The molecule has 9 nitrogen and oxygen atoms in total. The first-order valence-electron chi connectivity index (χ1n) is 7.42. The third kappa shape index (κ3) is 5.22. The predicted molar refractivity (Wildman–Crippen MR) is 95.9 cm³/mol. The molecule has 3 heterocycles. The van der Waals surface area contributed by atoms with E-state index in [1.165, 1.54) is 11.3 Å². The molecular formula is C14H16N8OS2. The number of aryl methyl sites for hydroxylation is 1. The minimum absolute atomic E-state index is 0.0635. The van der Waals surface area contributed by atoms with Crippen molar-refractivity contribution in [3.8, 4) is 0 Å². The van der Waals surface area contributed by atoms with Gasteiger partial charge in [-0.25, -0.2) is 15.0 Å². The third-order valence-electron chi connectivity index (χ3n) is 3.00. The number of hydrogen-bond acceptors (Lipinski definition) is 9. The first kappa shape index (κ1) is 17.3. The first-order chi connectivity index (χ1) is 12.2. The molecule has 0 fully saturated rings. The maximum Gasteiger partial charge on any atom is 0.228 e. The molecule has 0 saturated heterocycles. The average Bonchev–Trinajstić information content (AvgIpc) is 3.22. The van der Waals surface area contributed by atoms with Crippen LogP contribution in [0.1, 0.15) is 5.69 Å². The maximum atomic E-state index is 12.0. The predicted octanol–water partition coefficient (Wildman–Crippen LogP) is 1.26. The number of anilines is 2. The number of carbonyl (C=O) groups excluding carboxylic acids is 1. The lowest BCUT2D eigenvalue weighted by Crippen LogP contribution is -2.27. The molecule has 0 atom stereocenters. The highest BCUT2D eigenvalue weighted by atomic mass is 32.2. The van der Waals surface area contributed by atoms with Crippen LogP contribution < -0.4 is 10.6 Å². The largest absolute Gasteiger partial charge is 0.355 e. The number of thioether (sulfide) groups is 1. The van der Waals surface area contributed by atoms with Gasteiger partial charge in [-0.05, 0) is 6.07 Å². The van der Waals surface area contributed by atoms with E-state index in [1.54, 1.807) is 36.5 Å². The Labute approximate surface area is 152 Å². The minimum Gasteiger partial charge on any atom is -0.355 e. The highest BCUT2D eigenvalue weighted by molar-refractivity contribution is 7.99. The fourth-order valence-corrected chi connectivity index (χ4v) is 3.31. The van der Waals surface area contributed by atoms with E-state index in [-0.39, 0.29) is 12.3 Å². The summed E-state index contributed by atoms with van der Waals surface area (Å²) in [5.41, 5.74) is 0.710. The fourth-order valence-electron chi connectivity index (χ4n) is 1.87. The van der Waals surface area contributed by atoms with Gasteiger partial charge in [-0.15, -0.1) is 21.5 Å². The first-order valence-corrected chi connectivity index (χ1v) is 9.29. The van der Waals surface area contributed by atoms with Gasteiger partial charge in [0.1, 0.15) is 6.33 Å². The Balaban J connectivity index is 1.40. The van der Waals surface area contributed by atoms with Crippen molar-refractivity contribution in [2.75, 3.05) is 17.6 Å². The quantitative estimate of drug-likeness (QED) is 0.446. The van der Waals surface area contributed by atoms with Crippen molar-refractivity contribution in [1.29, 1.82) is 0 Å². The molecule has 0 aromatic carbocycles. The molecule has 11 heteroatoms. The molecular weight excluding hydrogens is 360 g/mol. The summed E-state index contributed by atoms with van der Waals surface area (Å²) in [4.78, 5) is 24.5. The number of carbonyl (C=O) groups is 1. The van der Waals surface area contributed by atoms with E-state index in [2.05, 4.69) is 35.8 Å². The van der Waals surface area contributed by atoms with Gasteiger partial charge < -0.3 is 15.2 Å². The topological polar surface area (TPSA) is 111 Å². The van der Waals surface area contributed by atoms with Crippen LogP contribution in [0.5, 0.6) is 0 Å². The molecule has 130 valence electrons. The standard InChI is InChI=1S/C14H16N8OS2/c1-22-9-18-21-14(22)24-6-5-15-11(23)7-10-8-25-13(19-10)20-12-16-3-2-4-17-12/h2-4,8-9H,5-7H2,1H3,(H,15,23)(H,16,17,19,20). The summed E-state index contributed by atoms with van der Waals surface area (Å²) in [7, 11) is 1.88. The second-order valence-corrected chi connectivity index (χ2v) is 6.86. The molecule has 25 heavy (non-hydrogen) atoms. The van der Waals surface area contributed by atoms with Crippen LogP contribution in [0.2, 0.25) is 0 Å². The molecule has 3 aromatic rings. The van der Waals surface area contributed by atoms with Gasteiger partial charge in [-0.3, -0.25) is 4.79 Å². The van der Waals surface area contributed by atoms with E-state index < -0.39 is 0 Å². The van der Waals surface area contributed by atoms with E-state index in [0.717, 1.165) is 10.9 Å². The lowest BCUT2D eigenvalue weighted by molar-refractivity contribution is -0.120. The molecule has 0 spiro atoms. The van der Waals surface area contributed by atoms with E-state index in [9.17, 15) is 4.79 Å². The summed E-state index contributed by atoms with van der Waals surface area (Å²) >= 11 is 2.95. The van der Waals surface area contributed by atoms with Crippen LogP contribution in [0.15, 0.2) is 35.3 Å². The van der Waals surface area contributed by atoms with Crippen molar-refractivity contribution in [1.82, 2.24) is 35.0 Å². The van der Waals surface area contributed by atoms with Gasteiger partial charge in [0.25, 0.3) is 0 Å². The molecule has 0 bridgehead atoms. The lowest BCUT2D eigenvalue weighted by atomic mass is 10.3. The van der Waals surface area contributed by atoms with E-state index in [1.807, 2.05) is 17.0 Å². The van der Waals surface area contributed by atoms with Crippen molar-refractivity contribution in [2.45, 2.75) is 11.6 Å². The van der Waals surface area contributed by atoms with Crippen LogP contribution in [0.3, 0.4) is 0 Å². The number of aromatic nitrogens is 6. The number of nitrogens with one attached hydrogen (secondary N) is 2. The molecule has 2 N–H and O–H groups in total. The van der Waals surface area contributed by atoms with E-state index in [4.69, 9.17) is 0 Å². The van der Waals surface area contributed by atoms with Crippen LogP contribution in [0, 0.1) is 0 Å². The molecule has 3 rings (SSSR count). The summed E-state index contributed by atoms with van der Waals surface area (Å²) in [5, 5.41) is 17.0. The Morgan fingerprint density at radius 1 is 1.36 bits per heavy atom. The summed E-state index contributed by atoms with van der Waals surface area (Å²) < 4.78 is 1.84. The zero-order valence-corrected chi connectivity index (χ0v) is 15.0. The van der Waals surface area contributed by atoms with Crippen LogP contribution in [0.4, 0.5) is 11.1 Å². The number of nitrogens with zero attached hydrogens (tertiary/aromatic N) is 6. The van der Waals surface area contributed by atoms with Gasteiger partial charge in [0, 0.05) is 37.1 Å². The second kappa shape index (κ2) is 8.53. The highest BCUT2D eigenvalue weighted by Crippen LogP contribution is 2.18. The monoisotopic (exact) mass is 376 g/mol. The molecule has 0 radical (unpaired) electrons. The van der Waals surface area contributed by atoms with Gasteiger partial charge in [0.15, 0.2) is 10.3 Å². The summed E-state index contributed by atoms with van der Waals surface area (Å²) in [6.45, 7) is 0.559. The van der Waals surface area contributed by atoms with Crippen LogP contribution in [0.25, 0.3) is 0 Å². The SMILES string of the molecule is Cn1cnnc1SCCNC(=O)Cc1csc(Nc2ncccn2)n1.